The van der Waals surface area contributed by atoms with Crippen molar-refractivity contribution < 1.29 is 28.5 Å². The third-order valence-corrected chi connectivity index (χ3v) is 4.46. The molecule has 1 heterocycles. The van der Waals surface area contributed by atoms with Crippen molar-refractivity contribution in [1.29, 1.82) is 0 Å². The quantitative estimate of drug-likeness (QED) is 0.753. The first-order valence-corrected chi connectivity index (χ1v) is 8.38. The minimum Gasteiger partial charge on any atom is -0.496 e. The molecule has 2 aromatic carbocycles. The first-order chi connectivity index (χ1) is 13.0. The van der Waals surface area contributed by atoms with Crippen LogP contribution in [0.3, 0.4) is 0 Å². The second-order valence-electron chi connectivity index (χ2n) is 5.91. The highest BCUT2D eigenvalue weighted by Crippen LogP contribution is 2.47. The number of carbonyl (C=O) groups is 2. The van der Waals surface area contributed by atoms with E-state index in [1.165, 1.54) is 39.4 Å². The molecule has 0 bridgehead atoms. The summed E-state index contributed by atoms with van der Waals surface area (Å²) in [5.74, 6) is 1.08. The van der Waals surface area contributed by atoms with Crippen LogP contribution in [-0.4, -0.2) is 51.7 Å². The number of rotatable bonds is 5. The molecule has 0 spiro atoms. The fourth-order valence-electron chi connectivity index (χ4n) is 3.20. The Labute approximate surface area is 157 Å². The predicted molar refractivity (Wildman–Crippen MR) is 100.0 cm³/mol. The molecule has 0 saturated heterocycles. The van der Waals surface area contributed by atoms with E-state index in [-0.39, 0.29) is 11.8 Å². The first-order valence-electron chi connectivity index (χ1n) is 8.38. The second kappa shape index (κ2) is 7.57. The van der Waals surface area contributed by atoms with E-state index >= 15 is 0 Å². The average Bonchev–Trinajstić information content (AvgIpc) is 2.70. The Morgan fingerprint density at radius 2 is 1.63 bits per heavy atom. The number of amides is 2. The van der Waals surface area contributed by atoms with Gasteiger partial charge in [-0.3, -0.25) is 14.5 Å². The maximum Gasteiger partial charge on any atom is 0.260 e. The van der Waals surface area contributed by atoms with Crippen LogP contribution in [0.15, 0.2) is 30.4 Å². The molecule has 7 nitrogen and oxygen atoms in total. The van der Waals surface area contributed by atoms with Gasteiger partial charge in [0.15, 0.2) is 11.5 Å². The lowest BCUT2D eigenvalue weighted by Gasteiger charge is -2.22. The fourth-order valence-corrected chi connectivity index (χ4v) is 3.20. The summed E-state index contributed by atoms with van der Waals surface area (Å²) >= 11 is 0. The topological polar surface area (TPSA) is 74.3 Å². The van der Waals surface area contributed by atoms with Gasteiger partial charge in [-0.25, -0.2) is 0 Å². The van der Waals surface area contributed by atoms with Gasteiger partial charge < -0.3 is 18.9 Å². The molecule has 0 aliphatic carbocycles. The summed E-state index contributed by atoms with van der Waals surface area (Å²) in [4.78, 5) is 26.1. The zero-order valence-corrected chi connectivity index (χ0v) is 15.7. The highest BCUT2D eigenvalue weighted by Gasteiger charge is 2.26. The lowest BCUT2D eigenvalue weighted by atomic mass is 10.0. The molecular weight excluding hydrogens is 350 g/mol. The smallest absolute Gasteiger partial charge is 0.260 e. The summed E-state index contributed by atoms with van der Waals surface area (Å²) < 4.78 is 21.8. The third-order valence-electron chi connectivity index (χ3n) is 4.46. The molecule has 2 amide bonds. The molecule has 2 aromatic rings. The molecule has 3 rings (SSSR count). The van der Waals surface area contributed by atoms with Crippen molar-refractivity contribution in [3.05, 3.63) is 35.9 Å². The molecule has 7 heteroatoms. The number of hydrogen-bond acceptors (Lipinski definition) is 6. The fraction of sp³-hybridized carbons (Fsp3) is 0.300. The van der Waals surface area contributed by atoms with Crippen LogP contribution < -0.4 is 18.9 Å². The van der Waals surface area contributed by atoms with Crippen LogP contribution >= 0.6 is 0 Å². The average molecular weight is 371 g/mol. The minimum absolute atomic E-state index is 0.324. The first kappa shape index (κ1) is 18.6. The van der Waals surface area contributed by atoms with Crippen LogP contribution in [0.2, 0.25) is 0 Å². The highest BCUT2D eigenvalue weighted by atomic mass is 16.5. The zero-order chi connectivity index (χ0) is 19.6. The number of nitrogens with zero attached hydrogens (tertiary/aromatic N) is 1. The highest BCUT2D eigenvalue weighted by molar-refractivity contribution is 6.11. The van der Waals surface area contributed by atoms with Crippen molar-refractivity contribution in [3.8, 4) is 23.0 Å². The Kier molecular flexibility index (Phi) is 5.21. The van der Waals surface area contributed by atoms with Gasteiger partial charge in [-0.1, -0.05) is 6.08 Å². The van der Waals surface area contributed by atoms with Crippen molar-refractivity contribution in [2.24, 2.45) is 0 Å². The lowest BCUT2D eigenvalue weighted by Crippen LogP contribution is -2.38. The van der Waals surface area contributed by atoms with Gasteiger partial charge in [-0.2, -0.15) is 0 Å². The van der Waals surface area contributed by atoms with Crippen LogP contribution in [0.5, 0.6) is 23.0 Å². The summed E-state index contributed by atoms with van der Waals surface area (Å²) in [5, 5.41) is 1.33. The number of fused-ring (bicyclic) bond motifs is 1. The molecule has 0 unspecified atom stereocenters. The Morgan fingerprint density at radius 1 is 0.926 bits per heavy atom. The van der Waals surface area contributed by atoms with Crippen LogP contribution in [-0.2, 0) is 4.79 Å². The van der Waals surface area contributed by atoms with Gasteiger partial charge in [-0.05, 0) is 36.1 Å². The maximum absolute atomic E-state index is 12.9. The van der Waals surface area contributed by atoms with Gasteiger partial charge in [0, 0.05) is 12.1 Å². The number of ether oxygens (including phenoxy) is 4. The third kappa shape index (κ3) is 3.16. The zero-order valence-electron chi connectivity index (χ0n) is 15.7. The van der Waals surface area contributed by atoms with E-state index in [0.717, 1.165) is 0 Å². The summed E-state index contributed by atoms with van der Waals surface area (Å²) in [6.07, 6.45) is 3.81. The molecule has 0 saturated carbocycles. The summed E-state index contributed by atoms with van der Waals surface area (Å²) in [7, 11) is 6.07. The normalized spacial score (nSPS) is 13.6. The van der Waals surface area contributed by atoms with Gasteiger partial charge in [-0.15, -0.1) is 0 Å². The molecule has 0 aromatic heterocycles. The Hall–Kier alpha value is -3.22. The van der Waals surface area contributed by atoms with Gasteiger partial charge in [0.05, 0.1) is 33.8 Å². The summed E-state index contributed by atoms with van der Waals surface area (Å²) in [6.45, 7) is 0.351. The van der Waals surface area contributed by atoms with E-state index in [0.29, 0.717) is 52.3 Å². The number of carbonyl (C=O) groups excluding carboxylic acids is 2. The van der Waals surface area contributed by atoms with Crippen molar-refractivity contribution in [2.75, 3.05) is 35.0 Å². The number of methoxy groups -OCH3 is 4. The minimum atomic E-state index is -0.377. The van der Waals surface area contributed by atoms with Crippen molar-refractivity contribution in [1.82, 2.24) is 4.90 Å². The van der Waals surface area contributed by atoms with E-state index < -0.39 is 0 Å². The molecule has 142 valence electrons. The molecule has 0 fully saturated rings. The summed E-state index contributed by atoms with van der Waals surface area (Å²) in [6, 6.07) is 5.04. The molecular formula is C20H21NO6. The number of benzene rings is 2. The predicted octanol–water partition coefficient (Wildman–Crippen LogP) is 2.80. The van der Waals surface area contributed by atoms with E-state index in [1.54, 1.807) is 24.3 Å². The SMILES string of the molecule is COc1cc2cc(C(=O)N3CCC=CC3=O)cc(OC)c2c(OC)c1OC. The Balaban J connectivity index is 2.21. The number of hydrogen-bond donors (Lipinski definition) is 0. The van der Waals surface area contributed by atoms with Gasteiger partial charge in [0.1, 0.15) is 5.75 Å². The van der Waals surface area contributed by atoms with E-state index in [9.17, 15) is 9.59 Å². The van der Waals surface area contributed by atoms with Gasteiger partial charge in [0.25, 0.3) is 11.8 Å². The standard InChI is InChI=1S/C20H21NO6/c1-24-14-11-13(20(23)21-8-6-5-7-16(21)22)9-12-10-15(25-2)18(26-3)19(27-4)17(12)14/h5,7,9-11H,6,8H2,1-4H3. The molecule has 1 aliphatic heterocycles. The van der Waals surface area contributed by atoms with Crippen LogP contribution in [0.1, 0.15) is 16.8 Å². The Bertz CT molecular complexity index is 934. The van der Waals surface area contributed by atoms with Gasteiger partial charge in [0.2, 0.25) is 5.75 Å². The molecule has 0 atom stereocenters. The number of imide groups is 1. The summed E-state index contributed by atoms with van der Waals surface area (Å²) in [5.41, 5.74) is 0.345. The van der Waals surface area contributed by atoms with E-state index in [1.807, 2.05) is 0 Å². The van der Waals surface area contributed by atoms with Gasteiger partial charge >= 0.3 is 0 Å². The van der Waals surface area contributed by atoms with E-state index in [4.69, 9.17) is 18.9 Å². The van der Waals surface area contributed by atoms with Crippen LogP contribution in [0, 0.1) is 0 Å². The largest absolute Gasteiger partial charge is 0.496 e. The van der Waals surface area contributed by atoms with Crippen LogP contribution in [0.25, 0.3) is 10.8 Å². The second-order valence-corrected chi connectivity index (χ2v) is 5.91. The van der Waals surface area contributed by atoms with Crippen LogP contribution in [0.4, 0.5) is 0 Å². The van der Waals surface area contributed by atoms with E-state index in [2.05, 4.69) is 0 Å². The maximum atomic E-state index is 12.9. The Morgan fingerprint density at radius 3 is 2.22 bits per heavy atom. The monoisotopic (exact) mass is 371 g/mol. The molecule has 0 N–H and O–H groups in total. The molecule has 0 radical (unpaired) electrons. The van der Waals surface area contributed by atoms with Crippen molar-refractivity contribution >= 4 is 22.6 Å². The molecule has 27 heavy (non-hydrogen) atoms. The van der Waals surface area contributed by atoms with Crippen molar-refractivity contribution in [2.45, 2.75) is 6.42 Å². The lowest BCUT2D eigenvalue weighted by molar-refractivity contribution is -0.124. The molecule has 1 aliphatic rings. The van der Waals surface area contributed by atoms with Crippen molar-refractivity contribution in [3.63, 3.8) is 0 Å².